The summed E-state index contributed by atoms with van der Waals surface area (Å²) in [5.74, 6) is -10.3. The molecule has 1 spiro atoms. The lowest BCUT2D eigenvalue weighted by Gasteiger charge is -2.45. The highest BCUT2D eigenvalue weighted by Gasteiger charge is 2.52. The Labute approximate surface area is 576 Å². The van der Waals surface area contributed by atoms with Gasteiger partial charge in [-0.15, -0.1) is 11.6 Å². The van der Waals surface area contributed by atoms with E-state index in [0.717, 1.165) is 38.5 Å². The molecule has 7 rings (SSSR count). The maximum atomic E-state index is 15.4. The molecule has 0 bridgehead atoms. The van der Waals surface area contributed by atoms with Crippen molar-refractivity contribution in [3.63, 3.8) is 0 Å². The molecule has 0 aromatic carbocycles. The number of hydrogen-bond acceptors (Lipinski definition) is 12. The summed E-state index contributed by atoms with van der Waals surface area (Å²) in [4.78, 5) is 190. The molecule has 24 nitrogen and oxygen atoms in total. The fraction of sp³-hybridized carbons (Fsp3) is 0.826. The Kier molecular flexibility index (Phi) is 27.1. The first-order valence-corrected chi connectivity index (χ1v) is 36.1. The van der Waals surface area contributed by atoms with E-state index in [1.54, 1.807) is 18.7 Å². The molecule has 4 aliphatic heterocycles. The van der Waals surface area contributed by atoms with Crippen molar-refractivity contribution < 1.29 is 70.7 Å². The summed E-state index contributed by atoms with van der Waals surface area (Å²) in [7, 11) is 8.58. The molecule has 3 saturated carbocycles. The number of nitrogens with one attached hydrogen (secondary N) is 3. The normalized spacial score (nSPS) is 31.2. The SMILES string of the molecule is CC(C)C[C@H]1C(=O)N[C@@H](C)C(=O)N(C)[C@@H](C)C(=O)N2CC[C@H]2C(=O)N(C)[C@@H](CC2CCCCC2)C(=O)N(C)CC(=O)N[C@@H](CCC2CCC(C(F)(F)F)C(Cl)C2)C(=O)N2CCC[C@H]2C(=O)NC2(CCCC2)C(=O)N(C)[C@@H](C(C)C)C(=O)N(C)[C@H](C(=O)N2CCCCC2)CC(=O)N1C. The Morgan fingerprint density at radius 1 is 0.588 bits per heavy atom. The number of amides is 12. The van der Waals surface area contributed by atoms with Crippen LogP contribution < -0.4 is 16.0 Å². The Hall–Kier alpha value is -6.28. The van der Waals surface area contributed by atoms with Crippen LogP contribution in [0.15, 0.2) is 0 Å². The number of alkyl halides is 4. The van der Waals surface area contributed by atoms with Gasteiger partial charge in [0, 0.05) is 73.8 Å². The summed E-state index contributed by atoms with van der Waals surface area (Å²) in [6, 6.07) is -10.8. The highest BCUT2D eigenvalue weighted by atomic mass is 35.5. The minimum Gasteiger partial charge on any atom is -0.343 e. The molecule has 0 aromatic heterocycles. The second-order valence-electron chi connectivity index (χ2n) is 29.9. The Morgan fingerprint density at radius 2 is 1.22 bits per heavy atom. The van der Waals surface area contributed by atoms with E-state index >= 15 is 19.2 Å². The number of carbonyl (C=O) groups excluding carboxylic acids is 12. The predicted molar refractivity (Wildman–Crippen MR) is 356 cm³/mol. The van der Waals surface area contributed by atoms with Crippen molar-refractivity contribution >= 4 is 82.5 Å². The highest BCUT2D eigenvalue weighted by Crippen LogP contribution is 2.44. The standard InChI is InChI=1S/C69H110ClF3N12O12/c1-41(2)36-52-58(88)74-43(5)60(90)78(8)44(6)61(91)85-35-29-51(85)64(94)80(10)53(38-45-22-15-13-16-23-45)63(93)77(7)40-55(86)75-49(28-26-46-25-27-47(48(70)37-46)69(71,72)73)62(92)84-34-21-24-50(84)59(89)76-68(30-17-18-31-68)67(97)82(12)57(42(3)4)66(96)81(11)54(39-56(87)79(52)9)65(95)83-32-19-14-20-33-83/h41-54,57H,13-40H2,1-12H3,(H,74,88)(H,75,86)(H,76,89)/t43-,44-,46?,47?,48?,49-,50-,51-,52-,53-,54-,57-/m0/s1. The van der Waals surface area contributed by atoms with Crippen molar-refractivity contribution in [2.45, 2.75) is 261 Å². The number of likely N-dealkylation sites (N-methyl/N-ethyl adjacent to an activating group) is 6. The van der Waals surface area contributed by atoms with Gasteiger partial charge in [-0.2, -0.15) is 13.2 Å². The Balaban J connectivity index is 1.25. The molecule has 4 heterocycles. The largest absolute Gasteiger partial charge is 0.393 e. The Morgan fingerprint density at radius 3 is 1.80 bits per heavy atom. The zero-order valence-electron chi connectivity index (χ0n) is 59.4. The molecule has 7 aliphatic rings. The van der Waals surface area contributed by atoms with Crippen LogP contribution >= 0.6 is 11.6 Å². The van der Waals surface area contributed by atoms with Crippen LogP contribution in [-0.4, -0.2) is 261 Å². The minimum absolute atomic E-state index is 0.00151. The summed E-state index contributed by atoms with van der Waals surface area (Å²) >= 11 is 6.39. The Bertz CT molecular complexity index is 2870. The molecule has 4 saturated heterocycles. The van der Waals surface area contributed by atoms with Crippen LogP contribution in [0.2, 0.25) is 0 Å². The van der Waals surface area contributed by atoms with E-state index in [9.17, 15) is 51.5 Å². The van der Waals surface area contributed by atoms with Gasteiger partial charge in [-0.3, -0.25) is 57.5 Å². The molecular weight excluding hydrogens is 1280 g/mol. The minimum atomic E-state index is -4.51. The van der Waals surface area contributed by atoms with Gasteiger partial charge >= 0.3 is 6.18 Å². The van der Waals surface area contributed by atoms with Gasteiger partial charge in [0.05, 0.1) is 18.9 Å². The molecule has 3 unspecified atom stereocenters. The van der Waals surface area contributed by atoms with E-state index in [-0.39, 0.29) is 101 Å². The second-order valence-corrected chi connectivity index (χ2v) is 30.5. The molecule has 12 atom stereocenters. The number of nitrogens with zero attached hydrogens (tertiary/aromatic N) is 9. The van der Waals surface area contributed by atoms with E-state index in [4.69, 9.17) is 11.6 Å². The van der Waals surface area contributed by atoms with E-state index < -0.39 is 167 Å². The lowest BCUT2D eigenvalue weighted by atomic mass is 9.78. The molecule has 97 heavy (non-hydrogen) atoms. The second kappa shape index (κ2) is 33.7. The third-order valence-corrected chi connectivity index (χ3v) is 22.7. The van der Waals surface area contributed by atoms with Gasteiger partial charge < -0.3 is 60.0 Å². The first kappa shape index (κ1) is 78.1. The molecule has 0 radical (unpaired) electrons. The van der Waals surface area contributed by atoms with Gasteiger partial charge in [0.25, 0.3) is 0 Å². The summed E-state index contributed by atoms with van der Waals surface area (Å²) in [5.41, 5.74) is -1.56. The average molecular weight is 1390 g/mol. The molecule has 3 N–H and O–H groups in total. The topological polar surface area (TPSA) is 270 Å². The average Bonchev–Trinajstić information content (AvgIpc) is 1.73. The third kappa shape index (κ3) is 18.6. The maximum absolute atomic E-state index is 15.4. The van der Waals surface area contributed by atoms with Gasteiger partial charge in [-0.25, -0.2) is 0 Å². The number of fused-ring (bicyclic) bond motifs is 2. The number of carbonyl (C=O) groups is 12. The van der Waals surface area contributed by atoms with Crippen molar-refractivity contribution in [3.05, 3.63) is 0 Å². The van der Waals surface area contributed by atoms with E-state index in [1.807, 2.05) is 13.8 Å². The molecule has 12 amide bonds. The molecule has 28 heteroatoms. The maximum Gasteiger partial charge on any atom is 0.393 e. The quantitative estimate of drug-likeness (QED) is 0.256. The first-order chi connectivity index (χ1) is 45.6. The van der Waals surface area contributed by atoms with Crippen LogP contribution in [0.3, 0.4) is 0 Å². The van der Waals surface area contributed by atoms with E-state index in [0.29, 0.717) is 45.2 Å². The van der Waals surface area contributed by atoms with Crippen molar-refractivity contribution in [1.29, 1.82) is 0 Å². The van der Waals surface area contributed by atoms with Gasteiger partial charge in [-0.1, -0.05) is 72.6 Å². The van der Waals surface area contributed by atoms with Gasteiger partial charge in [-0.05, 0) is 134 Å². The number of rotatable bonds is 9. The van der Waals surface area contributed by atoms with Gasteiger partial charge in [0.15, 0.2) is 0 Å². The van der Waals surface area contributed by atoms with E-state index in [2.05, 4.69) is 16.0 Å². The smallest absolute Gasteiger partial charge is 0.343 e. The number of halogens is 4. The molecular formula is C69H110ClF3N12O12. The van der Waals surface area contributed by atoms with Crippen molar-refractivity contribution in [1.82, 2.24) is 60.0 Å². The van der Waals surface area contributed by atoms with Crippen LogP contribution in [0.25, 0.3) is 0 Å². The molecule has 0 aromatic rings. The van der Waals surface area contributed by atoms with Crippen LogP contribution in [0.5, 0.6) is 0 Å². The summed E-state index contributed by atoms with van der Waals surface area (Å²) in [6.45, 7) is 10.5. The number of hydrogen-bond donors (Lipinski definition) is 3. The fourth-order valence-corrected chi connectivity index (χ4v) is 16.5. The monoisotopic (exact) mass is 1390 g/mol. The summed E-state index contributed by atoms with van der Waals surface area (Å²) in [6.07, 6.45) is 4.19. The zero-order chi connectivity index (χ0) is 71.7. The molecule has 3 aliphatic carbocycles. The van der Waals surface area contributed by atoms with Crippen molar-refractivity contribution in [3.8, 4) is 0 Å². The van der Waals surface area contributed by atoms with Gasteiger partial charge in [0.2, 0.25) is 70.9 Å². The lowest BCUT2D eigenvalue weighted by Crippen LogP contribution is -2.65. The van der Waals surface area contributed by atoms with Crippen LogP contribution in [0, 0.1) is 29.6 Å². The highest BCUT2D eigenvalue weighted by molar-refractivity contribution is 6.21. The van der Waals surface area contributed by atoms with Crippen LogP contribution in [-0.2, 0) is 57.5 Å². The number of piperidine rings is 1. The third-order valence-electron chi connectivity index (χ3n) is 22.2. The molecule has 546 valence electrons. The molecule has 7 fully saturated rings. The lowest BCUT2D eigenvalue weighted by molar-refractivity contribution is -0.182. The first-order valence-electron chi connectivity index (χ1n) is 35.7. The fourth-order valence-electron chi connectivity index (χ4n) is 16.0. The number of likely N-dealkylation sites (tertiary alicyclic amines) is 1. The zero-order valence-corrected chi connectivity index (χ0v) is 60.2. The summed E-state index contributed by atoms with van der Waals surface area (Å²) in [5, 5.41) is 7.41. The van der Waals surface area contributed by atoms with E-state index in [1.165, 1.54) is 95.3 Å². The predicted octanol–water partition coefficient (Wildman–Crippen LogP) is 5.07. The van der Waals surface area contributed by atoms with Crippen molar-refractivity contribution in [2.75, 3.05) is 75.0 Å². The summed E-state index contributed by atoms with van der Waals surface area (Å²) < 4.78 is 41.9. The van der Waals surface area contributed by atoms with Crippen LogP contribution in [0.4, 0.5) is 13.2 Å². The van der Waals surface area contributed by atoms with Crippen molar-refractivity contribution in [2.24, 2.45) is 29.6 Å². The van der Waals surface area contributed by atoms with Gasteiger partial charge in [0.1, 0.15) is 59.9 Å². The van der Waals surface area contributed by atoms with Crippen LogP contribution in [0.1, 0.15) is 189 Å².